The lowest BCUT2D eigenvalue weighted by Gasteiger charge is -2.14. The van der Waals surface area contributed by atoms with Gasteiger partial charge in [-0.2, -0.15) is 0 Å². The summed E-state index contributed by atoms with van der Waals surface area (Å²) in [7, 11) is 0. The zero-order chi connectivity index (χ0) is 12.3. The summed E-state index contributed by atoms with van der Waals surface area (Å²) in [6.45, 7) is 3.02. The number of hydrogen-bond donors (Lipinski definition) is 0. The molecule has 1 aliphatic heterocycles. The Bertz CT molecular complexity index is 413. The van der Waals surface area contributed by atoms with Gasteiger partial charge in [0.2, 0.25) is 5.91 Å². The molecule has 3 nitrogen and oxygen atoms in total. The average molecular weight is 231 g/mol. The summed E-state index contributed by atoms with van der Waals surface area (Å²) in [6, 6.07) is 9.65. The number of carbonyl (C=O) groups excluding carboxylic acids is 2. The number of likely N-dealkylation sites (tertiary alicyclic amines) is 1. The van der Waals surface area contributed by atoms with Crippen LogP contribution in [0.15, 0.2) is 30.3 Å². The average Bonchev–Trinajstić information content (AvgIpc) is 2.58. The third kappa shape index (κ3) is 3.16. The van der Waals surface area contributed by atoms with Gasteiger partial charge in [0, 0.05) is 19.4 Å². The highest BCUT2D eigenvalue weighted by Gasteiger charge is 2.27. The molecule has 0 radical (unpaired) electrons. The minimum absolute atomic E-state index is 0.110. The first-order chi connectivity index (χ1) is 8.15. The van der Waals surface area contributed by atoms with Gasteiger partial charge in [0.15, 0.2) is 5.78 Å². The third-order valence-corrected chi connectivity index (χ3v) is 3.02. The topological polar surface area (TPSA) is 37.4 Å². The van der Waals surface area contributed by atoms with E-state index in [1.165, 1.54) is 0 Å². The fourth-order valence-electron chi connectivity index (χ4n) is 2.21. The van der Waals surface area contributed by atoms with Crippen LogP contribution in [0.3, 0.4) is 0 Å². The molecule has 1 amide bonds. The van der Waals surface area contributed by atoms with Crippen molar-refractivity contribution < 1.29 is 9.59 Å². The van der Waals surface area contributed by atoms with Crippen molar-refractivity contribution in [3.05, 3.63) is 35.9 Å². The summed E-state index contributed by atoms with van der Waals surface area (Å²) < 4.78 is 0. The van der Waals surface area contributed by atoms with E-state index in [-0.39, 0.29) is 18.2 Å². The number of amides is 1. The van der Waals surface area contributed by atoms with Gasteiger partial charge in [0.1, 0.15) is 0 Å². The zero-order valence-corrected chi connectivity index (χ0v) is 10.1. The monoisotopic (exact) mass is 231 g/mol. The molecule has 17 heavy (non-hydrogen) atoms. The molecule has 1 unspecified atom stereocenters. The lowest BCUT2D eigenvalue weighted by molar-refractivity contribution is -0.132. The molecule has 1 aromatic carbocycles. The molecule has 1 aliphatic rings. The van der Waals surface area contributed by atoms with Gasteiger partial charge in [0.05, 0.1) is 6.54 Å². The van der Waals surface area contributed by atoms with Gasteiger partial charge >= 0.3 is 0 Å². The van der Waals surface area contributed by atoms with Crippen molar-refractivity contribution >= 4 is 11.7 Å². The van der Waals surface area contributed by atoms with Gasteiger partial charge in [0.25, 0.3) is 0 Å². The largest absolute Gasteiger partial charge is 0.335 e. The Morgan fingerprint density at radius 1 is 1.35 bits per heavy atom. The molecule has 0 bridgehead atoms. The van der Waals surface area contributed by atoms with Crippen LogP contribution in [0.25, 0.3) is 0 Å². The first-order valence-electron chi connectivity index (χ1n) is 5.98. The minimum atomic E-state index is 0.110. The molecular formula is C14H17NO2. The van der Waals surface area contributed by atoms with Crippen LogP contribution in [-0.4, -0.2) is 29.7 Å². The zero-order valence-electron chi connectivity index (χ0n) is 10.1. The molecule has 90 valence electrons. The first kappa shape index (κ1) is 11.8. The van der Waals surface area contributed by atoms with Crippen molar-refractivity contribution in [1.29, 1.82) is 0 Å². The smallest absolute Gasteiger partial charge is 0.223 e. The summed E-state index contributed by atoms with van der Waals surface area (Å²) >= 11 is 0. The quantitative estimate of drug-likeness (QED) is 0.790. The number of ketones is 1. The predicted molar refractivity (Wildman–Crippen MR) is 65.5 cm³/mol. The maximum absolute atomic E-state index is 11.8. The Labute approximate surface area is 101 Å². The highest BCUT2D eigenvalue weighted by atomic mass is 16.2. The summed E-state index contributed by atoms with van der Waals surface area (Å²) in [5, 5.41) is 0. The third-order valence-electron chi connectivity index (χ3n) is 3.02. The van der Waals surface area contributed by atoms with E-state index in [0.717, 1.165) is 12.1 Å². The van der Waals surface area contributed by atoms with E-state index in [0.29, 0.717) is 18.8 Å². The van der Waals surface area contributed by atoms with Gasteiger partial charge in [-0.3, -0.25) is 9.59 Å². The molecular weight excluding hydrogens is 214 g/mol. The van der Waals surface area contributed by atoms with Gasteiger partial charge in [-0.05, 0) is 11.5 Å². The predicted octanol–water partition coefficient (Wildman–Crippen LogP) is 1.67. The van der Waals surface area contributed by atoms with E-state index in [4.69, 9.17) is 0 Å². The Kier molecular flexibility index (Phi) is 3.57. The van der Waals surface area contributed by atoms with Gasteiger partial charge in [-0.15, -0.1) is 0 Å². The second-order valence-electron chi connectivity index (χ2n) is 4.78. The number of carbonyl (C=O) groups is 2. The van der Waals surface area contributed by atoms with Crippen molar-refractivity contribution in [2.24, 2.45) is 5.92 Å². The summed E-state index contributed by atoms with van der Waals surface area (Å²) in [5.74, 6) is 0.601. The van der Waals surface area contributed by atoms with Crippen LogP contribution in [0.2, 0.25) is 0 Å². The van der Waals surface area contributed by atoms with E-state index < -0.39 is 0 Å². The summed E-state index contributed by atoms with van der Waals surface area (Å²) in [6.07, 6.45) is 0.998. The van der Waals surface area contributed by atoms with Crippen LogP contribution in [0.4, 0.5) is 0 Å². The van der Waals surface area contributed by atoms with E-state index in [9.17, 15) is 9.59 Å². The van der Waals surface area contributed by atoms with Crippen molar-refractivity contribution in [3.8, 4) is 0 Å². The molecule has 1 aromatic rings. The van der Waals surface area contributed by atoms with E-state index >= 15 is 0 Å². The molecule has 0 aliphatic carbocycles. The lowest BCUT2D eigenvalue weighted by atomic mass is 10.1. The molecule has 3 heteroatoms. The van der Waals surface area contributed by atoms with Crippen molar-refractivity contribution in [1.82, 2.24) is 4.90 Å². The minimum Gasteiger partial charge on any atom is -0.335 e. The van der Waals surface area contributed by atoms with E-state index in [1.807, 2.05) is 37.3 Å². The Morgan fingerprint density at radius 3 is 2.65 bits per heavy atom. The van der Waals surface area contributed by atoms with Crippen molar-refractivity contribution in [3.63, 3.8) is 0 Å². The maximum Gasteiger partial charge on any atom is 0.223 e. The molecule has 1 atom stereocenters. The highest BCUT2D eigenvalue weighted by molar-refractivity contribution is 5.88. The van der Waals surface area contributed by atoms with Gasteiger partial charge < -0.3 is 4.90 Å². The fraction of sp³-hybridized carbons (Fsp3) is 0.429. The van der Waals surface area contributed by atoms with Crippen LogP contribution < -0.4 is 0 Å². The standard InChI is InChI=1S/C14H17NO2/c1-11-7-14(17)15(9-11)10-13(16)8-12-5-3-2-4-6-12/h2-6,11H,7-10H2,1H3. The van der Waals surface area contributed by atoms with Gasteiger partial charge in [-0.25, -0.2) is 0 Å². The number of rotatable bonds is 4. The Morgan fingerprint density at radius 2 is 2.06 bits per heavy atom. The van der Waals surface area contributed by atoms with Crippen molar-refractivity contribution in [2.75, 3.05) is 13.1 Å². The number of hydrogen-bond acceptors (Lipinski definition) is 2. The van der Waals surface area contributed by atoms with Crippen LogP contribution >= 0.6 is 0 Å². The maximum atomic E-state index is 11.8. The molecule has 0 spiro atoms. The molecule has 0 N–H and O–H groups in total. The van der Waals surface area contributed by atoms with E-state index in [2.05, 4.69) is 0 Å². The van der Waals surface area contributed by atoms with Crippen molar-refractivity contribution in [2.45, 2.75) is 19.8 Å². The molecule has 1 fully saturated rings. The van der Waals surface area contributed by atoms with Crippen LogP contribution in [-0.2, 0) is 16.0 Å². The van der Waals surface area contributed by atoms with Crippen LogP contribution in [0.1, 0.15) is 18.9 Å². The normalized spacial score (nSPS) is 19.7. The summed E-state index contributed by atoms with van der Waals surface area (Å²) in [4.78, 5) is 25.0. The molecule has 1 heterocycles. The second kappa shape index (κ2) is 5.13. The number of benzene rings is 1. The number of Topliss-reactive ketones (excluding diaryl/α,β-unsaturated/α-hetero) is 1. The highest BCUT2D eigenvalue weighted by Crippen LogP contribution is 2.16. The first-order valence-corrected chi connectivity index (χ1v) is 5.98. The fourth-order valence-corrected chi connectivity index (χ4v) is 2.21. The van der Waals surface area contributed by atoms with Crippen LogP contribution in [0, 0.1) is 5.92 Å². The summed E-state index contributed by atoms with van der Waals surface area (Å²) in [5.41, 5.74) is 1.01. The van der Waals surface area contributed by atoms with E-state index in [1.54, 1.807) is 4.90 Å². The molecule has 1 saturated heterocycles. The van der Waals surface area contributed by atoms with Gasteiger partial charge in [-0.1, -0.05) is 37.3 Å². The van der Waals surface area contributed by atoms with Crippen LogP contribution in [0.5, 0.6) is 0 Å². The lowest BCUT2D eigenvalue weighted by Crippen LogP contribution is -2.31. The molecule has 0 saturated carbocycles. The number of nitrogens with zero attached hydrogens (tertiary/aromatic N) is 1. The Hall–Kier alpha value is -1.64. The molecule has 2 rings (SSSR count). The SMILES string of the molecule is CC1CC(=O)N(CC(=O)Cc2ccccc2)C1. The second-order valence-corrected chi connectivity index (χ2v) is 4.78. The Balaban J connectivity index is 1.88. The molecule has 0 aromatic heterocycles.